The van der Waals surface area contributed by atoms with Gasteiger partial charge in [-0.05, 0) is 81.9 Å². The molecule has 1 N–H and O–H groups in total. The predicted octanol–water partition coefficient (Wildman–Crippen LogP) is 5.03. The molecule has 3 aromatic rings. The molecule has 0 aliphatic heterocycles. The highest BCUT2D eigenvalue weighted by molar-refractivity contribution is 7.15. The number of hydrogen-bond acceptors (Lipinski definition) is 6. The Hall–Kier alpha value is -3.57. The number of aryl methyl sites for hydroxylation is 2. The van der Waals surface area contributed by atoms with Crippen LogP contribution < -0.4 is 5.32 Å². The van der Waals surface area contributed by atoms with E-state index >= 15 is 0 Å². The molecule has 0 atom stereocenters. The van der Waals surface area contributed by atoms with Crippen LogP contribution >= 0.6 is 11.3 Å². The fraction of sp³-hybridized carbons (Fsp3) is 0.346. The number of esters is 1. The van der Waals surface area contributed by atoms with Gasteiger partial charge in [-0.25, -0.2) is 4.79 Å². The highest BCUT2D eigenvalue weighted by atomic mass is 32.1. The minimum absolute atomic E-state index is 0.00268. The first-order chi connectivity index (χ1) is 16.4. The Morgan fingerprint density at radius 3 is 2.82 bits per heavy atom. The molecule has 1 aliphatic rings. The first kappa shape index (κ1) is 23.6. The van der Waals surface area contributed by atoms with E-state index in [1.807, 2.05) is 37.5 Å². The van der Waals surface area contributed by atoms with Gasteiger partial charge in [0.1, 0.15) is 22.4 Å². The summed E-state index contributed by atoms with van der Waals surface area (Å²) in [4.78, 5) is 26.8. The smallest absolute Gasteiger partial charge is 0.341 e. The summed E-state index contributed by atoms with van der Waals surface area (Å²) < 4.78 is 12.7. The van der Waals surface area contributed by atoms with Gasteiger partial charge in [-0.1, -0.05) is 0 Å². The van der Waals surface area contributed by atoms with Crippen LogP contribution in [0, 0.1) is 25.2 Å². The van der Waals surface area contributed by atoms with Crippen LogP contribution in [0.1, 0.15) is 63.3 Å². The van der Waals surface area contributed by atoms with Crippen LogP contribution in [0.25, 0.3) is 11.1 Å². The first-order valence-corrected chi connectivity index (χ1v) is 12.2. The number of furan rings is 1. The quantitative estimate of drug-likeness (QED) is 0.292. The van der Waals surface area contributed by atoms with E-state index in [4.69, 9.17) is 9.15 Å². The maximum absolute atomic E-state index is 12.9. The normalized spacial score (nSPS) is 13.3. The largest absolute Gasteiger partial charge is 0.467 e. The van der Waals surface area contributed by atoms with Gasteiger partial charge in [-0.3, -0.25) is 4.79 Å². The number of hydrogen-bond donors (Lipinski definition) is 1. The second-order valence-electron chi connectivity index (χ2n) is 8.21. The van der Waals surface area contributed by atoms with E-state index in [9.17, 15) is 14.9 Å². The summed E-state index contributed by atoms with van der Waals surface area (Å²) in [6, 6.07) is 7.43. The highest BCUT2D eigenvalue weighted by Crippen LogP contribution is 2.39. The maximum Gasteiger partial charge on any atom is 0.341 e. The summed E-state index contributed by atoms with van der Waals surface area (Å²) in [5, 5.41) is 13.2. The highest BCUT2D eigenvalue weighted by Gasteiger charge is 2.28. The number of nitrogens with one attached hydrogen (secondary N) is 1. The molecule has 0 aromatic carbocycles. The van der Waals surface area contributed by atoms with Crippen molar-refractivity contribution in [2.24, 2.45) is 0 Å². The van der Waals surface area contributed by atoms with E-state index in [-0.39, 0.29) is 18.1 Å². The minimum Gasteiger partial charge on any atom is -0.467 e. The van der Waals surface area contributed by atoms with Crippen molar-refractivity contribution >= 4 is 29.3 Å². The van der Waals surface area contributed by atoms with Crippen molar-refractivity contribution in [2.75, 3.05) is 6.61 Å². The zero-order valence-corrected chi connectivity index (χ0v) is 20.4. The molecule has 8 heteroatoms. The molecule has 176 valence electrons. The predicted molar refractivity (Wildman–Crippen MR) is 130 cm³/mol. The monoisotopic (exact) mass is 477 g/mol. The van der Waals surface area contributed by atoms with Gasteiger partial charge in [0.05, 0.1) is 25.0 Å². The number of thiophene rings is 1. The van der Waals surface area contributed by atoms with Crippen LogP contribution in [0.3, 0.4) is 0 Å². The molecule has 0 radical (unpaired) electrons. The molecule has 1 amide bonds. The van der Waals surface area contributed by atoms with Gasteiger partial charge in [0.25, 0.3) is 5.91 Å². The van der Waals surface area contributed by atoms with Gasteiger partial charge < -0.3 is 19.0 Å². The number of amides is 1. The van der Waals surface area contributed by atoms with Crippen molar-refractivity contribution in [3.8, 4) is 11.1 Å². The number of nitrogens with zero attached hydrogens (tertiary/aromatic N) is 2. The number of carbonyl (C=O) groups is 2. The van der Waals surface area contributed by atoms with E-state index in [2.05, 4.69) is 5.32 Å². The molecule has 3 aromatic heterocycles. The Morgan fingerprint density at radius 1 is 1.32 bits per heavy atom. The molecular formula is C26H27N3O4S. The zero-order valence-electron chi connectivity index (χ0n) is 19.6. The first-order valence-electron chi connectivity index (χ1n) is 11.4. The number of fused-ring (bicyclic) bond motifs is 1. The molecule has 4 rings (SSSR count). The van der Waals surface area contributed by atoms with Crippen molar-refractivity contribution in [1.82, 2.24) is 9.88 Å². The molecule has 0 unspecified atom stereocenters. The SMILES string of the molecule is CCOC(=O)c1c(-n2c(C)cc(/C=C(\C#N)C(=O)NCc3ccco3)c2C)sc2c1CCCC2. The van der Waals surface area contributed by atoms with Gasteiger partial charge in [0.2, 0.25) is 0 Å². The number of nitriles is 1. The van der Waals surface area contributed by atoms with Crippen molar-refractivity contribution in [3.63, 3.8) is 0 Å². The van der Waals surface area contributed by atoms with Crippen molar-refractivity contribution in [1.29, 1.82) is 5.26 Å². The zero-order chi connectivity index (χ0) is 24.2. The van der Waals surface area contributed by atoms with Crippen LogP contribution in [0.4, 0.5) is 0 Å². The van der Waals surface area contributed by atoms with Crippen molar-refractivity contribution < 1.29 is 18.7 Å². The summed E-state index contributed by atoms with van der Waals surface area (Å²) in [5.41, 5.74) is 4.28. The maximum atomic E-state index is 12.9. The van der Waals surface area contributed by atoms with Crippen molar-refractivity contribution in [3.05, 3.63) is 68.8 Å². The summed E-state index contributed by atoms with van der Waals surface area (Å²) in [6.45, 7) is 6.22. The molecular weight excluding hydrogens is 450 g/mol. The fourth-order valence-corrected chi connectivity index (χ4v) is 5.84. The number of rotatable bonds is 7. The summed E-state index contributed by atoms with van der Waals surface area (Å²) in [5.74, 6) is -0.156. The average molecular weight is 478 g/mol. The lowest BCUT2D eigenvalue weighted by atomic mass is 9.95. The second kappa shape index (κ2) is 10.1. The Bertz CT molecular complexity index is 1290. The van der Waals surface area contributed by atoms with Gasteiger partial charge in [0, 0.05) is 16.3 Å². The topological polar surface area (TPSA) is 97.3 Å². The molecule has 3 heterocycles. The molecule has 34 heavy (non-hydrogen) atoms. The van der Waals surface area contributed by atoms with Crippen LogP contribution in [0.5, 0.6) is 0 Å². The molecule has 0 bridgehead atoms. The summed E-state index contributed by atoms with van der Waals surface area (Å²) in [6.07, 6.45) is 7.14. The third-order valence-corrected chi connectivity index (χ3v) is 7.25. The lowest BCUT2D eigenvalue weighted by Gasteiger charge is -2.13. The molecule has 0 spiro atoms. The molecule has 7 nitrogen and oxygen atoms in total. The number of carbonyl (C=O) groups excluding carboxylic acids is 2. The Labute approximate surface area is 202 Å². The lowest BCUT2D eigenvalue weighted by molar-refractivity contribution is -0.117. The Morgan fingerprint density at radius 2 is 2.12 bits per heavy atom. The van der Waals surface area contributed by atoms with Gasteiger partial charge >= 0.3 is 5.97 Å². The van der Waals surface area contributed by atoms with Crippen LogP contribution in [-0.4, -0.2) is 23.1 Å². The Kier molecular flexibility index (Phi) is 7.03. The van der Waals surface area contributed by atoms with E-state index < -0.39 is 5.91 Å². The minimum atomic E-state index is -0.470. The molecule has 0 saturated carbocycles. The number of ether oxygens (including phenoxy) is 1. The fourth-order valence-electron chi connectivity index (χ4n) is 4.35. The third kappa shape index (κ3) is 4.57. The molecule has 0 saturated heterocycles. The van der Waals surface area contributed by atoms with E-state index in [1.54, 1.807) is 29.5 Å². The van der Waals surface area contributed by atoms with Crippen LogP contribution in [0.15, 0.2) is 34.5 Å². The summed E-state index contributed by atoms with van der Waals surface area (Å²) >= 11 is 1.64. The van der Waals surface area contributed by atoms with Crippen LogP contribution in [-0.2, 0) is 28.9 Å². The van der Waals surface area contributed by atoms with Gasteiger partial charge in [-0.2, -0.15) is 5.26 Å². The average Bonchev–Trinajstić information content (AvgIpc) is 3.53. The van der Waals surface area contributed by atoms with E-state index in [0.29, 0.717) is 17.9 Å². The number of aromatic nitrogens is 1. The third-order valence-electron chi connectivity index (χ3n) is 5.97. The molecule has 1 aliphatic carbocycles. The van der Waals surface area contributed by atoms with E-state index in [0.717, 1.165) is 53.2 Å². The lowest BCUT2D eigenvalue weighted by Crippen LogP contribution is -2.23. The second-order valence-corrected chi connectivity index (χ2v) is 9.29. The Balaban J connectivity index is 1.70. The standard InChI is InChI=1S/C26H27N3O4S/c1-4-32-26(31)23-21-9-5-6-10-22(21)34-25(23)29-16(2)12-18(17(29)3)13-19(14-27)24(30)28-15-20-8-7-11-33-20/h7-8,11-13H,4-6,9-10,15H2,1-3H3,(H,28,30)/b19-13+. The van der Waals surface area contributed by atoms with E-state index in [1.165, 1.54) is 11.1 Å². The van der Waals surface area contributed by atoms with Crippen molar-refractivity contribution in [2.45, 2.75) is 53.0 Å². The summed E-state index contributed by atoms with van der Waals surface area (Å²) in [7, 11) is 0. The van der Waals surface area contributed by atoms with Gasteiger partial charge in [0.15, 0.2) is 0 Å². The van der Waals surface area contributed by atoms with Crippen LogP contribution in [0.2, 0.25) is 0 Å². The molecule has 0 fully saturated rings. The van der Waals surface area contributed by atoms with Gasteiger partial charge in [-0.15, -0.1) is 11.3 Å².